The molecule has 3 N–H and O–H groups in total. The van der Waals surface area contributed by atoms with Crippen molar-refractivity contribution in [2.75, 3.05) is 5.32 Å². The Labute approximate surface area is 392 Å². The highest BCUT2D eigenvalue weighted by Crippen LogP contribution is 2.35. The minimum Gasteiger partial charge on any atom is -0.350 e. The van der Waals surface area contributed by atoms with E-state index < -0.39 is 0 Å². The summed E-state index contributed by atoms with van der Waals surface area (Å²) < 4.78 is 0. The second-order valence-corrected chi connectivity index (χ2v) is 17.8. The summed E-state index contributed by atoms with van der Waals surface area (Å²) in [6.45, 7) is 27.0. The maximum Gasteiger partial charge on any atom is 0.224 e. The van der Waals surface area contributed by atoms with E-state index in [2.05, 4.69) is 183 Å². The second-order valence-electron chi connectivity index (χ2n) is 17.5. The van der Waals surface area contributed by atoms with Gasteiger partial charge >= 0.3 is 0 Å². The first kappa shape index (κ1) is 48.0. The summed E-state index contributed by atoms with van der Waals surface area (Å²) in [5, 5.41) is 3.74. The van der Waals surface area contributed by atoms with Crippen molar-refractivity contribution < 1.29 is 0 Å². The fraction of sp³-hybridized carbons (Fsp3) is 0.241. The number of rotatable bonds is 8. The van der Waals surface area contributed by atoms with E-state index in [0.717, 1.165) is 33.9 Å². The maximum absolute atomic E-state index is 6.30. The molecule has 8 aromatic rings. The largest absolute Gasteiger partial charge is 0.350 e. The summed E-state index contributed by atoms with van der Waals surface area (Å²) in [4.78, 5) is 18.9. The van der Waals surface area contributed by atoms with Gasteiger partial charge in [0.15, 0.2) is 0 Å². The van der Waals surface area contributed by atoms with Gasteiger partial charge in [-0.15, -0.1) is 0 Å². The second kappa shape index (κ2) is 21.5. The fourth-order valence-corrected chi connectivity index (χ4v) is 9.37. The zero-order valence-corrected chi connectivity index (χ0v) is 41.0. The third kappa shape index (κ3) is 12.2. The lowest BCUT2D eigenvalue weighted by atomic mass is 9.94. The lowest BCUT2D eigenvalue weighted by Crippen LogP contribution is -2.06. The van der Waals surface area contributed by atoms with E-state index in [0.29, 0.717) is 19.0 Å². The van der Waals surface area contributed by atoms with Crippen LogP contribution >= 0.6 is 11.6 Å². The Morgan fingerprint density at radius 1 is 0.385 bits per heavy atom. The number of nitrogens with two attached hydrogens (primary N) is 1. The summed E-state index contributed by atoms with van der Waals surface area (Å²) in [6.07, 6.45) is 0. The quantitative estimate of drug-likeness (QED) is 0.148. The van der Waals surface area contributed by atoms with Crippen LogP contribution < -0.4 is 11.1 Å². The minimum absolute atomic E-state index is 0.284. The molecule has 0 aliphatic carbocycles. The first-order chi connectivity index (χ1) is 31.0. The maximum atomic E-state index is 6.30. The van der Waals surface area contributed by atoms with Crippen LogP contribution in [0, 0.1) is 83.1 Å². The number of nitrogens with zero attached hydrogens (tertiary/aromatic N) is 4. The van der Waals surface area contributed by atoms with Crippen molar-refractivity contribution in [3.05, 3.63) is 204 Å². The molecular weight excluding hydrogens is 816 g/mol. The van der Waals surface area contributed by atoms with Crippen LogP contribution in [0.25, 0.3) is 45.0 Å². The van der Waals surface area contributed by atoms with Crippen molar-refractivity contribution in [3.63, 3.8) is 0 Å². The Morgan fingerprint density at radius 2 is 0.662 bits per heavy atom. The molecule has 8 rings (SSSR count). The van der Waals surface area contributed by atoms with Crippen LogP contribution in [-0.4, -0.2) is 19.9 Å². The summed E-state index contributed by atoms with van der Waals surface area (Å²) in [6, 6.07) is 42.2. The van der Waals surface area contributed by atoms with Crippen LogP contribution in [0.2, 0.25) is 5.28 Å². The highest BCUT2D eigenvalue weighted by atomic mass is 35.5. The molecule has 0 unspecified atom stereocenters. The van der Waals surface area contributed by atoms with Gasteiger partial charge in [-0.05, 0) is 162 Å². The van der Waals surface area contributed by atoms with Gasteiger partial charge in [0.05, 0.1) is 22.8 Å². The van der Waals surface area contributed by atoms with Crippen molar-refractivity contribution in [1.29, 1.82) is 0 Å². The molecule has 7 heteroatoms. The van der Waals surface area contributed by atoms with E-state index in [-0.39, 0.29) is 5.28 Å². The van der Waals surface area contributed by atoms with Gasteiger partial charge in [0.2, 0.25) is 11.2 Å². The van der Waals surface area contributed by atoms with Crippen molar-refractivity contribution >= 4 is 17.5 Å². The van der Waals surface area contributed by atoms with Crippen LogP contribution in [0.3, 0.4) is 0 Å². The normalized spacial score (nSPS) is 10.7. The lowest BCUT2D eigenvalue weighted by Gasteiger charge is -2.16. The van der Waals surface area contributed by atoms with E-state index in [1.165, 1.54) is 89.0 Å². The van der Waals surface area contributed by atoms with E-state index in [1.54, 1.807) is 0 Å². The van der Waals surface area contributed by atoms with E-state index in [1.807, 2.05) is 36.4 Å². The summed E-state index contributed by atoms with van der Waals surface area (Å²) in [7, 11) is 0. The summed E-state index contributed by atoms with van der Waals surface area (Å²) in [5.74, 6) is 0.653. The van der Waals surface area contributed by atoms with Crippen LogP contribution in [0.1, 0.15) is 77.9 Å². The number of aromatic nitrogens is 4. The van der Waals surface area contributed by atoms with E-state index in [4.69, 9.17) is 27.3 Å². The Balaban J connectivity index is 0.000000188. The first-order valence-electron chi connectivity index (χ1n) is 22.3. The molecule has 332 valence electrons. The topological polar surface area (TPSA) is 89.6 Å². The molecule has 0 spiro atoms. The Bertz CT molecular complexity index is 2700. The van der Waals surface area contributed by atoms with Gasteiger partial charge in [-0.25, -0.2) is 19.9 Å². The molecule has 65 heavy (non-hydrogen) atoms. The smallest absolute Gasteiger partial charge is 0.224 e. The molecule has 0 bridgehead atoms. The van der Waals surface area contributed by atoms with Crippen LogP contribution in [0.15, 0.2) is 121 Å². The first-order valence-corrected chi connectivity index (χ1v) is 22.7. The Hall–Kier alpha value is -6.47. The number of anilines is 1. The zero-order chi connectivity index (χ0) is 46.9. The molecule has 6 aromatic carbocycles. The van der Waals surface area contributed by atoms with Gasteiger partial charge in [-0.3, -0.25) is 0 Å². The predicted molar refractivity (Wildman–Crippen MR) is 276 cm³/mol. The van der Waals surface area contributed by atoms with Gasteiger partial charge in [-0.2, -0.15) is 0 Å². The highest BCUT2D eigenvalue weighted by molar-refractivity contribution is 6.28. The molecule has 0 saturated carbocycles. The van der Waals surface area contributed by atoms with Gasteiger partial charge in [0.25, 0.3) is 0 Å². The van der Waals surface area contributed by atoms with Gasteiger partial charge in [-0.1, -0.05) is 131 Å². The average molecular weight is 880 g/mol. The fourth-order valence-electron chi connectivity index (χ4n) is 9.18. The molecule has 0 atom stereocenters. The Kier molecular flexibility index (Phi) is 15.9. The van der Waals surface area contributed by atoms with Crippen LogP contribution in [-0.2, 0) is 13.1 Å². The molecule has 0 amide bonds. The zero-order valence-electron chi connectivity index (χ0n) is 40.2. The van der Waals surface area contributed by atoms with Crippen molar-refractivity contribution in [3.8, 4) is 45.0 Å². The summed E-state index contributed by atoms with van der Waals surface area (Å²) in [5.41, 5.74) is 30.9. The number of benzene rings is 6. The molecule has 2 heterocycles. The SMILES string of the molecule is Cc1cc(C)c(-c2cc(-c3c(C)cc(C)cc3C)nc(Cl)n2)c(C)c1.Cc1cc(C)c(-c2cc(-c3c(C)cc(C)cc3C)nc(NCc3ccccc3)n2)c(C)c1.NCc1ccccc1. The van der Waals surface area contributed by atoms with Gasteiger partial charge in [0, 0.05) is 35.3 Å². The molecule has 0 radical (unpaired) electrons. The number of hydrogen-bond acceptors (Lipinski definition) is 6. The number of aryl methyl sites for hydroxylation is 12. The third-order valence-electron chi connectivity index (χ3n) is 11.5. The van der Waals surface area contributed by atoms with E-state index in [9.17, 15) is 0 Å². The Morgan fingerprint density at radius 3 is 0.938 bits per heavy atom. The molecule has 0 fully saturated rings. The number of hydrogen-bond donors (Lipinski definition) is 2. The van der Waals surface area contributed by atoms with Crippen molar-refractivity contribution in [1.82, 2.24) is 19.9 Å². The molecular formula is C58H63ClN6. The summed E-state index contributed by atoms with van der Waals surface area (Å²) >= 11 is 6.30. The molecule has 0 aliphatic rings. The third-order valence-corrected chi connectivity index (χ3v) is 11.7. The molecule has 0 aliphatic heterocycles. The predicted octanol–water partition coefficient (Wildman–Crippen LogP) is 14.7. The highest BCUT2D eigenvalue weighted by Gasteiger charge is 2.17. The molecule has 6 nitrogen and oxygen atoms in total. The van der Waals surface area contributed by atoms with Crippen LogP contribution in [0.5, 0.6) is 0 Å². The average Bonchev–Trinajstić information content (AvgIpc) is 3.22. The van der Waals surface area contributed by atoms with Gasteiger partial charge in [0.1, 0.15) is 0 Å². The number of nitrogens with one attached hydrogen (secondary N) is 1. The molecule has 2 aromatic heterocycles. The van der Waals surface area contributed by atoms with Crippen molar-refractivity contribution in [2.45, 2.75) is 96.2 Å². The standard InChI is InChI=1S/C29H31N3.C22H23ClN2.C7H9N/c1-18-12-20(3)27(21(4)13-18)25-16-26(28-22(5)14-19(2)15-23(28)6)32-29(31-25)30-17-24-10-8-7-9-11-24;1-12-7-14(3)20(15(4)8-12)18-11-19(25-22(23)24-18)21-16(5)9-13(2)10-17(21)6;8-6-7-4-2-1-3-5-7/h7-16H,17H2,1-6H3,(H,30,31,32);7-11H,1-6H3;1-5H,6,8H2. The number of halogens is 1. The van der Waals surface area contributed by atoms with E-state index >= 15 is 0 Å². The minimum atomic E-state index is 0.284. The van der Waals surface area contributed by atoms with Gasteiger partial charge < -0.3 is 11.1 Å². The van der Waals surface area contributed by atoms with Crippen molar-refractivity contribution in [2.24, 2.45) is 5.73 Å². The van der Waals surface area contributed by atoms with Crippen LogP contribution in [0.4, 0.5) is 5.95 Å². The molecule has 0 saturated heterocycles. The monoisotopic (exact) mass is 878 g/mol. The lowest BCUT2D eigenvalue weighted by molar-refractivity contribution is 1.05.